The lowest BCUT2D eigenvalue weighted by atomic mass is 10.0. The molecule has 1 aliphatic rings. The second-order valence-electron chi connectivity index (χ2n) is 7.07. The van der Waals surface area contributed by atoms with Gasteiger partial charge in [0.25, 0.3) is 0 Å². The number of hydrogen-bond donors (Lipinski definition) is 2. The number of amides is 1. The number of nitrogens with one attached hydrogen (secondary N) is 2. The smallest absolute Gasteiger partial charge is 0.247 e. The highest BCUT2D eigenvalue weighted by Crippen LogP contribution is 2.29. The molecule has 0 aliphatic carbocycles. The molecule has 1 atom stereocenters. The van der Waals surface area contributed by atoms with Crippen LogP contribution < -0.4 is 25.0 Å². The molecule has 4 rings (SSSR count). The van der Waals surface area contributed by atoms with E-state index in [2.05, 4.69) is 20.6 Å². The summed E-state index contributed by atoms with van der Waals surface area (Å²) in [6, 6.07) is 16.8. The summed E-state index contributed by atoms with van der Waals surface area (Å²) in [5.41, 5.74) is 1.88. The van der Waals surface area contributed by atoms with Crippen molar-refractivity contribution in [2.45, 2.75) is 12.6 Å². The van der Waals surface area contributed by atoms with E-state index in [1.807, 2.05) is 59.5 Å². The number of piperazine rings is 1. The lowest BCUT2D eigenvalue weighted by Gasteiger charge is -2.36. The van der Waals surface area contributed by atoms with Crippen molar-refractivity contribution in [1.82, 2.24) is 15.3 Å². The molecule has 2 N–H and O–H groups in total. The van der Waals surface area contributed by atoms with Crippen molar-refractivity contribution in [2.24, 2.45) is 0 Å². The fraction of sp³-hybridized carbons (Fsp3) is 0.261. The lowest BCUT2D eigenvalue weighted by Crippen LogP contribution is -2.50. The molecule has 160 valence electrons. The van der Waals surface area contributed by atoms with E-state index in [0.717, 1.165) is 22.6 Å². The van der Waals surface area contributed by atoms with Gasteiger partial charge in [-0.25, -0.2) is 4.98 Å². The topological polar surface area (TPSA) is 88.6 Å². The number of rotatable bonds is 7. The maximum absolute atomic E-state index is 12.7. The first kappa shape index (κ1) is 20.5. The average Bonchev–Trinajstić information content (AvgIpc) is 2.83. The second kappa shape index (κ2) is 9.34. The van der Waals surface area contributed by atoms with E-state index >= 15 is 0 Å². The van der Waals surface area contributed by atoms with Crippen LogP contribution in [0.1, 0.15) is 17.2 Å². The summed E-state index contributed by atoms with van der Waals surface area (Å²) in [6.07, 6.45) is 1.70. The molecular formula is C23H25N5O3. The molecule has 1 saturated heterocycles. The van der Waals surface area contributed by atoms with Gasteiger partial charge >= 0.3 is 0 Å². The molecule has 2 heterocycles. The zero-order valence-electron chi connectivity index (χ0n) is 17.5. The Hall–Kier alpha value is -3.81. The fourth-order valence-electron chi connectivity index (χ4n) is 3.65. The summed E-state index contributed by atoms with van der Waals surface area (Å²) < 4.78 is 10.7. The molecule has 0 bridgehead atoms. The summed E-state index contributed by atoms with van der Waals surface area (Å²) in [5.74, 6) is 2.60. The van der Waals surface area contributed by atoms with E-state index in [-0.39, 0.29) is 5.91 Å². The number of hydrogen-bond acceptors (Lipinski definition) is 7. The Balaban J connectivity index is 1.54. The van der Waals surface area contributed by atoms with Crippen LogP contribution in [-0.4, -0.2) is 43.2 Å². The van der Waals surface area contributed by atoms with Crippen LogP contribution in [0.5, 0.6) is 11.5 Å². The van der Waals surface area contributed by atoms with Crippen molar-refractivity contribution in [1.29, 1.82) is 0 Å². The number of methoxy groups -OCH3 is 2. The molecule has 1 unspecified atom stereocenters. The van der Waals surface area contributed by atoms with Crippen molar-refractivity contribution in [3.63, 3.8) is 0 Å². The number of anilines is 2. The van der Waals surface area contributed by atoms with Crippen molar-refractivity contribution in [3.8, 4) is 11.5 Å². The monoisotopic (exact) mass is 419 g/mol. The maximum Gasteiger partial charge on any atom is 0.247 e. The Morgan fingerprint density at radius 1 is 1.13 bits per heavy atom. The first-order valence-corrected chi connectivity index (χ1v) is 10.1. The molecule has 31 heavy (non-hydrogen) atoms. The Morgan fingerprint density at radius 2 is 1.97 bits per heavy atom. The van der Waals surface area contributed by atoms with E-state index in [9.17, 15) is 4.79 Å². The highest BCUT2D eigenvalue weighted by molar-refractivity contribution is 5.87. The van der Waals surface area contributed by atoms with Gasteiger partial charge in [-0.1, -0.05) is 30.3 Å². The average molecular weight is 419 g/mol. The lowest BCUT2D eigenvalue weighted by molar-refractivity contribution is -0.123. The normalized spacial score (nSPS) is 15.9. The number of aromatic nitrogens is 2. The minimum absolute atomic E-state index is 0.0338. The molecule has 8 nitrogen and oxygen atoms in total. The van der Waals surface area contributed by atoms with Crippen molar-refractivity contribution < 1.29 is 14.3 Å². The molecule has 1 aliphatic heterocycles. The van der Waals surface area contributed by atoms with Crippen LogP contribution in [0.15, 0.2) is 60.8 Å². The largest absolute Gasteiger partial charge is 0.497 e. The van der Waals surface area contributed by atoms with E-state index < -0.39 is 6.04 Å². The Kier molecular flexibility index (Phi) is 6.16. The van der Waals surface area contributed by atoms with Crippen LogP contribution in [0.25, 0.3) is 0 Å². The predicted molar refractivity (Wildman–Crippen MR) is 118 cm³/mol. The highest BCUT2D eigenvalue weighted by atomic mass is 16.5. The minimum Gasteiger partial charge on any atom is -0.497 e. The number of nitrogens with zero attached hydrogens (tertiary/aromatic N) is 3. The Bertz CT molecular complexity index is 1040. The molecule has 8 heteroatoms. The molecule has 0 spiro atoms. The molecule has 1 aromatic heterocycles. The summed E-state index contributed by atoms with van der Waals surface area (Å²) >= 11 is 0. The van der Waals surface area contributed by atoms with Crippen molar-refractivity contribution in [3.05, 3.63) is 71.9 Å². The van der Waals surface area contributed by atoms with E-state index in [1.54, 1.807) is 20.4 Å². The highest BCUT2D eigenvalue weighted by Gasteiger charge is 2.32. The molecule has 2 aromatic carbocycles. The van der Waals surface area contributed by atoms with E-state index in [4.69, 9.17) is 9.47 Å². The van der Waals surface area contributed by atoms with Crippen LogP contribution in [0, 0.1) is 0 Å². The summed E-state index contributed by atoms with van der Waals surface area (Å²) in [7, 11) is 3.25. The third-order valence-corrected chi connectivity index (χ3v) is 5.19. The molecule has 3 aromatic rings. The van der Waals surface area contributed by atoms with Gasteiger partial charge in [-0.2, -0.15) is 4.98 Å². The predicted octanol–water partition coefficient (Wildman–Crippen LogP) is 2.78. The van der Waals surface area contributed by atoms with Gasteiger partial charge in [0.2, 0.25) is 11.9 Å². The summed E-state index contributed by atoms with van der Waals surface area (Å²) in [5, 5.41) is 6.20. The quantitative estimate of drug-likeness (QED) is 0.609. The van der Waals surface area contributed by atoms with Gasteiger partial charge in [0.15, 0.2) is 0 Å². The molecule has 0 radical (unpaired) electrons. The van der Waals surface area contributed by atoms with Crippen LogP contribution >= 0.6 is 0 Å². The van der Waals surface area contributed by atoms with Gasteiger partial charge in [0.05, 0.1) is 14.2 Å². The number of ether oxygens (including phenoxy) is 2. The van der Waals surface area contributed by atoms with Gasteiger partial charge in [0.1, 0.15) is 23.4 Å². The number of carbonyl (C=O) groups excluding carboxylic acids is 1. The van der Waals surface area contributed by atoms with Crippen LogP contribution in [0.3, 0.4) is 0 Å². The summed E-state index contributed by atoms with van der Waals surface area (Å²) in [4.78, 5) is 23.7. The van der Waals surface area contributed by atoms with E-state index in [1.165, 1.54) is 0 Å². The molecular weight excluding hydrogens is 394 g/mol. The van der Waals surface area contributed by atoms with Gasteiger partial charge < -0.3 is 25.0 Å². The van der Waals surface area contributed by atoms with Gasteiger partial charge in [0, 0.05) is 37.5 Å². The zero-order chi connectivity index (χ0) is 21.6. The van der Waals surface area contributed by atoms with Gasteiger partial charge in [-0.05, 0) is 23.8 Å². The standard InChI is InChI=1S/C23H25N5O3/c1-30-18-9-8-17(19(14-18)31-2)15-26-23-25-11-10-20(27-23)28-13-12-24-22(29)21(28)16-6-4-3-5-7-16/h3-11,14,21H,12-13,15H2,1-2H3,(H,24,29)(H,25,26,27). The SMILES string of the molecule is COc1ccc(CNc2nccc(N3CCNC(=O)C3c3ccccc3)n2)c(OC)c1. The third kappa shape index (κ3) is 4.53. The van der Waals surface area contributed by atoms with Crippen LogP contribution in [0.2, 0.25) is 0 Å². The van der Waals surface area contributed by atoms with Crippen molar-refractivity contribution in [2.75, 3.05) is 37.5 Å². The number of benzene rings is 2. The second-order valence-corrected chi connectivity index (χ2v) is 7.07. The minimum atomic E-state index is -0.431. The first-order valence-electron chi connectivity index (χ1n) is 10.1. The summed E-state index contributed by atoms with van der Waals surface area (Å²) in [6.45, 7) is 1.71. The molecule has 1 amide bonds. The van der Waals surface area contributed by atoms with Gasteiger partial charge in [-0.3, -0.25) is 4.79 Å². The third-order valence-electron chi connectivity index (χ3n) is 5.19. The fourth-order valence-corrected chi connectivity index (χ4v) is 3.65. The Morgan fingerprint density at radius 3 is 2.74 bits per heavy atom. The van der Waals surface area contributed by atoms with Crippen molar-refractivity contribution >= 4 is 17.7 Å². The Labute approximate surface area is 181 Å². The first-order chi connectivity index (χ1) is 15.2. The van der Waals surface area contributed by atoms with E-state index in [0.29, 0.717) is 31.4 Å². The molecule has 1 fully saturated rings. The number of carbonyl (C=O) groups is 1. The zero-order valence-corrected chi connectivity index (χ0v) is 17.5. The maximum atomic E-state index is 12.7. The van der Waals surface area contributed by atoms with Crippen LogP contribution in [-0.2, 0) is 11.3 Å². The van der Waals surface area contributed by atoms with Gasteiger partial charge in [-0.15, -0.1) is 0 Å². The molecule has 0 saturated carbocycles. The van der Waals surface area contributed by atoms with Crippen LogP contribution in [0.4, 0.5) is 11.8 Å².